The second-order valence-corrected chi connectivity index (χ2v) is 6.33. The third kappa shape index (κ3) is 4.34. The van der Waals surface area contributed by atoms with Gasteiger partial charge in [0.15, 0.2) is 0 Å². The number of hydrogen-bond donors (Lipinski definition) is 1. The van der Waals surface area contributed by atoms with Gasteiger partial charge in [0.25, 0.3) is 0 Å². The van der Waals surface area contributed by atoms with Gasteiger partial charge >= 0.3 is 0 Å². The van der Waals surface area contributed by atoms with Crippen LogP contribution in [-0.4, -0.2) is 11.7 Å². The van der Waals surface area contributed by atoms with Crippen molar-refractivity contribution in [3.05, 3.63) is 27.7 Å². The lowest BCUT2D eigenvalue weighted by molar-refractivity contribution is 0.122. The van der Waals surface area contributed by atoms with Crippen LogP contribution in [0.1, 0.15) is 45.8 Å². The molecule has 1 N–H and O–H groups in total. The van der Waals surface area contributed by atoms with Gasteiger partial charge in [0.2, 0.25) is 0 Å². The summed E-state index contributed by atoms with van der Waals surface area (Å²) >= 11 is 12.3. The first kappa shape index (κ1) is 15.6. The van der Waals surface area contributed by atoms with Crippen molar-refractivity contribution in [2.24, 2.45) is 5.41 Å². The van der Waals surface area contributed by atoms with E-state index in [4.69, 9.17) is 27.9 Å². The largest absolute Gasteiger partial charge is 0.492 e. The predicted octanol–water partition coefficient (Wildman–Crippen LogP) is 4.86. The summed E-state index contributed by atoms with van der Waals surface area (Å²) in [5.74, 6) is 0.552. The first-order valence-corrected chi connectivity index (χ1v) is 6.80. The fourth-order valence-corrected chi connectivity index (χ4v) is 2.26. The summed E-state index contributed by atoms with van der Waals surface area (Å²) in [4.78, 5) is 0. The van der Waals surface area contributed by atoms with Crippen molar-refractivity contribution < 1.29 is 9.84 Å². The Labute approximate surface area is 119 Å². The molecular formula is C14H20Cl2O2. The molecule has 1 unspecified atom stereocenters. The van der Waals surface area contributed by atoms with Crippen molar-refractivity contribution in [3.63, 3.8) is 0 Å². The zero-order valence-electron chi connectivity index (χ0n) is 11.3. The lowest BCUT2D eigenvalue weighted by Crippen LogP contribution is -2.12. The van der Waals surface area contributed by atoms with E-state index >= 15 is 0 Å². The molecule has 0 saturated carbocycles. The Balaban J connectivity index is 3.00. The molecule has 1 aromatic rings. The Morgan fingerprint density at radius 1 is 1.22 bits per heavy atom. The summed E-state index contributed by atoms with van der Waals surface area (Å²) in [5, 5.41) is 11.2. The average molecular weight is 291 g/mol. The normalized spacial score (nSPS) is 13.5. The van der Waals surface area contributed by atoms with E-state index in [0.29, 0.717) is 34.4 Å². The van der Waals surface area contributed by atoms with Gasteiger partial charge in [-0.05, 0) is 24.8 Å². The molecule has 4 heteroatoms. The Kier molecular flexibility index (Phi) is 5.32. The Hall–Kier alpha value is -0.440. The number of aliphatic hydroxyl groups excluding tert-OH is 1. The topological polar surface area (TPSA) is 29.5 Å². The van der Waals surface area contributed by atoms with E-state index in [1.807, 2.05) is 6.92 Å². The van der Waals surface area contributed by atoms with E-state index in [2.05, 4.69) is 20.8 Å². The first-order valence-electron chi connectivity index (χ1n) is 6.04. The molecule has 102 valence electrons. The molecule has 0 aliphatic carbocycles. The molecule has 0 fully saturated rings. The lowest BCUT2D eigenvalue weighted by Gasteiger charge is -2.23. The fourth-order valence-electron chi connectivity index (χ4n) is 1.76. The van der Waals surface area contributed by atoms with Gasteiger partial charge in [0.05, 0.1) is 22.8 Å². The van der Waals surface area contributed by atoms with Crippen LogP contribution in [-0.2, 0) is 0 Å². The predicted molar refractivity (Wildman–Crippen MR) is 76.7 cm³/mol. The SMILES string of the molecule is CCOc1cc(Cl)c(C(O)CC(C)(C)C)cc1Cl. The third-order valence-corrected chi connectivity index (χ3v) is 3.14. The molecular weight excluding hydrogens is 271 g/mol. The fraction of sp³-hybridized carbons (Fsp3) is 0.571. The third-order valence-electron chi connectivity index (χ3n) is 2.52. The molecule has 0 aliphatic heterocycles. The maximum atomic E-state index is 10.2. The molecule has 1 aromatic carbocycles. The van der Waals surface area contributed by atoms with Crippen LogP contribution >= 0.6 is 23.2 Å². The van der Waals surface area contributed by atoms with Gasteiger partial charge < -0.3 is 9.84 Å². The number of hydrogen-bond acceptors (Lipinski definition) is 2. The van der Waals surface area contributed by atoms with Crippen molar-refractivity contribution >= 4 is 23.2 Å². The number of rotatable bonds is 4. The molecule has 18 heavy (non-hydrogen) atoms. The van der Waals surface area contributed by atoms with Crippen LogP contribution in [0.2, 0.25) is 10.0 Å². The van der Waals surface area contributed by atoms with Gasteiger partial charge in [0, 0.05) is 11.6 Å². The highest BCUT2D eigenvalue weighted by Gasteiger charge is 2.21. The van der Waals surface area contributed by atoms with Crippen LogP contribution in [0.15, 0.2) is 12.1 Å². The van der Waals surface area contributed by atoms with E-state index in [1.165, 1.54) is 0 Å². The zero-order chi connectivity index (χ0) is 13.9. The van der Waals surface area contributed by atoms with Crippen LogP contribution in [0.5, 0.6) is 5.75 Å². The highest BCUT2D eigenvalue weighted by atomic mass is 35.5. The summed E-state index contributed by atoms with van der Waals surface area (Å²) in [6.45, 7) is 8.62. The molecule has 0 heterocycles. The number of benzene rings is 1. The number of halogens is 2. The van der Waals surface area contributed by atoms with Crippen molar-refractivity contribution in [2.45, 2.75) is 40.2 Å². The number of ether oxygens (including phenoxy) is 1. The molecule has 1 rings (SSSR count). The Morgan fingerprint density at radius 2 is 1.83 bits per heavy atom. The van der Waals surface area contributed by atoms with Gasteiger partial charge in [-0.2, -0.15) is 0 Å². The minimum Gasteiger partial charge on any atom is -0.492 e. The highest BCUT2D eigenvalue weighted by Crippen LogP contribution is 2.37. The summed E-state index contributed by atoms with van der Waals surface area (Å²) in [7, 11) is 0. The van der Waals surface area contributed by atoms with Crippen LogP contribution in [0.3, 0.4) is 0 Å². The highest BCUT2D eigenvalue weighted by molar-refractivity contribution is 6.34. The minimum atomic E-state index is -0.620. The molecule has 0 amide bonds. The van der Waals surface area contributed by atoms with Crippen LogP contribution < -0.4 is 4.74 Å². The maximum Gasteiger partial charge on any atom is 0.139 e. The molecule has 0 radical (unpaired) electrons. The molecule has 1 atom stereocenters. The van der Waals surface area contributed by atoms with E-state index in [9.17, 15) is 5.11 Å². The lowest BCUT2D eigenvalue weighted by atomic mass is 9.87. The van der Waals surface area contributed by atoms with Crippen LogP contribution in [0.25, 0.3) is 0 Å². The quantitative estimate of drug-likeness (QED) is 0.858. The van der Waals surface area contributed by atoms with Crippen LogP contribution in [0, 0.1) is 5.41 Å². The van der Waals surface area contributed by atoms with E-state index in [-0.39, 0.29) is 5.41 Å². The minimum absolute atomic E-state index is 0.0216. The van der Waals surface area contributed by atoms with Gasteiger partial charge in [-0.25, -0.2) is 0 Å². The van der Waals surface area contributed by atoms with E-state index in [0.717, 1.165) is 0 Å². The van der Waals surface area contributed by atoms with E-state index < -0.39 is 6.10 Å². The van der Waals surface area contributed by atoms with Crippen molar-refractivity contribution in [2.75, 3.05) is 6.61 Å². The molecule has 2 nitrogen and oxygen atoms in total. The molecule has 0 saturated heterocycles. The van der Waals surface area contributed by atoms with Gasteiger partial charge in [-0.15, -0.1) is 0 Å². The Bertz CT molecular complexity index is 411. The van der Waals surface area contributed by atoms with Gasteiger partial charge in [-0.3, -0.25) is 0 Å². The Morgan fingerprint density at radius 3 is 2.33 bits per heavy atom. The summed E-state index contributed by atoms with van der Waals surface area (Å²) < 4.78 is 5.36. The summed E-state index contributed by atoms with van der Waals surface area (Å²) in [5.41, 5.74) is 0.674. The van der Waals surface area contributed by atoms with Gasteiger partial charge in [0.1, 0.15) is 5.75 Å². The summed E-state index contributed by atoms with van der Waals surface area (Å²) in [6.07, 6.45) is 0.00231. The number of aliphatic hydroxyl groups is 1. The van der Waals surface area contributed by atoms with Crippen molar-refractivity contribution in [3.8, 4) is 5.75 Å². The summed E-state index contributed by atoms with van der Waals surface area (Å²) in [6, 6.07) is 3.35. The standard InChI is InChI=1S/C14H20Cl2O2/c1-5-18-13-7-10(15)9(6-11(13)16)12(17)8-14(2,3)4/h6-7,12,17H,5,8H2,1-4H3. The molecule has 0 spiro atoms. The van der Waals surface area contributed by atoms with Crippen molar-refractivity contribution in [1.29, 1.82) is 0 Å². The zero-order valence-corrected chi connectivity index (χ0v) is 12.8. The average Bonchev–Trinajstić information content (AvgIpc) is 2.20. The smallest absolute Gasteiger partial charge is 0.139 e. The monoisotopic (exact) mass is 290 g/mol. The molecule has 0 aliphatic rings. The van der Waals surface area contributed by atoms with Crippen molar-refractivity contribution in [1.82, 2.24) is 0 Å². The first-order chi connectivity index (χ1) is 8.24. The van der Waals surface area contributed by atoms with E-state index in [1.54, 1.807) is 12.1 Å². The maximum absolute atomic E-state index is 10.2. The molecule has 0 bridgehead atoms. The second-order valence-electron chi connectivity index (χ2n) is 5.52. The molecule has 0 aromatic heterocycles. The van der Waals surface area contributed by atoms with Gasteiger partial charge in [-0.1, -0.05) is 44.0 Å². The second kappa shape index (κ2) is 6.14. The van der Waals surface area contributed by atoms with Crippen LogP contribution in [0.4, 0.5) is 0 Å².